The summed E-state index contributed by atoms with van der Waals surface area (Å²) in [6.07, 6.45) is 11.0. The van der Waals surface area contributed by atoms with Crippen molar-refractivity contribution in [2.45, 2.75) is 19.4 Å². The number of hydrogen-bond donors (Lipinski definition) is 4. The van der Waals surface area contributed by atoms with Crippen LogP contribution in [-0.2, 0) is 11.3 Å². The Kier molecular flexibility index (Phi) is 5.77. The number of hydrogen-bond acceptors (Lipinski definition) is 6. The maximum Gasteiger partial charge on any atom is 0.272 e. The first-order valence-electron chi connectivity index (χ1n) is 10.9. The molecule has 4 N–H and O–H groups in total. The quantitative estimate of drug-likeness (QED) is 0.447. The maximum atomic E-state index is 12.9. The van der Waals surface area contributed by atoms with Gasteiger partial charge in [-0.15, -0.1) is 0 Å². The van der Waals surface area contributed by atoms with Gasteiger partial charge in [0.25, 0.3) is 17.7 Å². The fourth-order valence-corrected chi connectivity index (χ4v) is 3.87. The number of carbonyl (C=O) groups is 3. The summed E-state index contributed by atoms with van der Waals surface area (Å²) in [7, 11) is 0. The number of nitrogens with one attached hydrogen (secondary N) is 4. The number of aromatic nitrogens is 3. The zero-order valence-electron chi connectivity index (χ0n) is 18.2. The van der Waals surface area contributed by atoms with Crippen LogP contribution in [0.4, 0.5) is 5.69 Å². The highest BCUT2D eigenvalue weighted by Crippen LogP contribution is 2.28. The first-order valence-corrected chi connectivity index (χ1v) is 10.9. The predicted octanol–water partition coefficient (Wildman–Crippen LogP) is 2.22. The molecule has 0 radical (unpaired) electrons. The molecule has 10 nitrogen and oxygen atoms in total. The van der Waals surface area contributed by atoms with E-state index in [0.29, 0.717) is 34.6 Å². The topological polar surface area (TPSA) is 138 Å². The van der Waals surface area contributed by atoms with Gasteiger partial charge in [0.05, 0.1) is 16.8 Å². The van der Waals surface area contributed by atoms with Gasteiger partial charge in [-0.05, 0) is 36.1 Å². The van der Waals surface area contributed by atoms with Crippen LogP contribution in [-0.4, -0.2) is 45.8 Å². The van der Waals surface area contributed by atoms with Crippen molar-refractivity contribution in [3.8, 4) is 5.75 Å². The molecule has 0 spiro atoms. The van der Waals surface area contributed by atoms with Crippen molar-refractivity contribution in [2.24, 2.45) is 0 Å². The second kappa shape index (κ2) is 9.18. The lowest BCUT2D eigenvalue weighted by molar-refractivity contribution is -0.118. The Morgan fingerprint density at radius 1 is 1.09 bits per heavy atom. The van der Waals surface area contributed by atoms with Gasteiger partial charge in [0, 0.05) is 19.3 Å². The molecule has 1 aromatic carbocycles. The molecule has 172 valence electrons. The zero-order chi connectivity index (χ0) is 23.5. The van der Waals surface area contributed by atoms with E-state index in [1.165, 1.54) is 12.5 Å². The van der Waals surface area contributed by atoms with E-state index in [1.54, 1.807) is 18.2 Å². The van der Waals surface area contributed by atoms with Gasteiger partial charge in [-0.2, -0.15) is 0 Å². The minimum atomic E-state index is -0.420. The Balaban J connectivity index is 1.28. The van der Waals surface area contributed by atoms with Crippen LogP contribution in [0.5, 0.6) is 5.75 Å². The van der Waals surface area contributed by atoms with Gasteiger partial charge in [-0.1, -0.05) is 24.3 Å². The average molecular weight is 458 g/mol. The monoisotopic (exact) mass is 458 g/mol. The number of benzene rings is 1. The van der Waals surface area contributed by atoms with E-state index in [2.05, 4.69) is 43.1 Å². The van der Waals surface area contributed by atoms with Crippen LogP contribution in [0.15, 0.2) is 54.5 Å². The molecule has 0 fully saturated rings. The van der Waals surface area contributed by atoms with Crippen molar-refractivity contribution < 1.29 is 19.1 Å². The van der Waals surface area contributed by atoms with Crippen LogP contribution in [0.3, 0.4) is 0 Å². The van der Waals surface area contributed by atoms with Gasteiger partial charge in [0.1, 0.15) is 17.6 Å². The van der Waals surface area contributed by atoms with E-state index in [9.17, 15) is 14.4 Å². The average Bonchev–Trinajstić information content (AvgIpc) is 3.30. The molecule has 0 saturated carbocycles. The third-order valence-corrected chi connectivity index (χ3v) is 5.58. The molecule has 3 heterocycles. The van der Waals surface area contributed by atoms with Crippen molar-refractivity contribution in [3.63, 3.8) is 0 Å². The lowest BCUT2D eigenvalue weighted by Crippen LogP contribution is -2.27. The molecular formula is C24H22N6O4. The Labute approximate surface area is 194 Å². The van der Waals surface area contributed by atoms with E-state index < -0.39 is 5.91 Å². The fourth-order valence-electron chi connectivity index (χ4n) is 3.87. The Morgan fingerprint density at radius 3 is 2.82 bits per heavy atom. The number of fused-ring (bicyclic) bond motifs is 2. The van der Waals surface area contributed by atoms with Crippen molar-refractivity contribution in [2.75, 3.05) is 18.5 Å². The van der Waals surface area contributed by atoms with Crippen molar-refractivity contribution in [1.29, 1.82) is 0 Å². The SMILES string of the molecule is O=C1COc2ccc(CNC(=O)c3ncnc4c(C(=O)NCC5=CCCC=C5)c[nH]c34)cc2N1. The number of anilines is 1. The second-order valence-electron chi connectivity index (χ2n) is 7.94. The van der Waals surface area contributed by atoms with Crippen LogP contribution in [0.2, 0.25) is 0 Å². The molecule has 0 atom stereocenters. The number of nitrogens with zero attached hydrogens (tertiary/aromatic N) is 2. The summed E-state index contributed by atoms with van der Waals surface area (Å²) in [4.78, 5) is 48.4. The minimum absolute atomic E-state index is 0.0160. The molecule has 0 unspecified atom stereocenters. The summed E-state index contributed by atoms with van der Waals surface area (Å²) >= 11 is 0. The largest absolute Gasteiger partial charge is 0.482 e. The predicted molar refractivity (Wildman–Crippen MR) is 124 cm³/mol. The highest BCUT2D eigenvalue weighted by Gasteiger charge is 2.20. The number of ether oxygens (including phenoxy) is 1. The molecule has 1 aliphatic heterocycles. The Bertz CT molecular complexity index is 1360. The Hall–Kier alpha value is -4.47. The molecule has 0 bridgehead atoms. The summed E-state index contributed by atoms with van der Waals surface area (Å²) in [5, 5.41) is 8.45. The lowest BCUT2D eigenvalue weighted by Gasteiger charge is -2.18. The highest BCUT2D eigenvalue weighted by molar-refractivity contribution is 6.10. The maximum absolute atomic E-state index is 12.9. The van der Waals surface area contributed by atoms with Gasteiger partial charge in [-0.3, -0.25) is 14.4 Å². The molecule has 3 aromatic rings. The van der Waals surface area contributed by atoms with Crippen LogP contribution >= 0.6 is 0 Å². The van der Waals surface area contributed by atoms with Gasteiger partial charge in [0.15, 0.2) is 12.3 Å². The smallest absolute Gasteiger partial charge is 0.272 e. The summed E-state index contributed by atoms with van der Waals surface area (Å²) < 4.78 is 5.35. The first kappa shape index (κ1) is 21.4. The molecule has 5 rings (SSSR count). The van der Waals surface area contributed by atoms with E-state index >= 15 is 0 Å². The van der Waals surface area contributed by atoms with Crippen LogP contribution in [0.1, 0.15) is 39.3 Å². The van der Waals surface area contributed by atoms with Crippen LogP contribution in [0.25, 0.3) is 11.0 Å². The number of aromatic amines is 1. The summed E-state index contributed by atoms with van der Waals surface area (Å²) in [5.41, 5.74) is 3.64. The third kappa shape index (κ3) is 4.38. The number of H-pyrrole nitrogens is 1. The molecule has 0 saturated heterocycles. The second-order valence-corrected chi connectivity index (χ2v) is 7.94. The highest BCUT2D eigenvalue weighted by atomic mass is 16.5. The number of amides is 3. The van der Waals surface area contributed by atoms with E-state index in [4.69, 9.17) is 4.74 Å². The van der Waals surface area contributed by atoms with Gasteiger partial charge >= 0.3 is 0 Å². The van der Waals surface area contributed by atoms with E-state index in [-0.39, 0.29) is 30.7 Å². The molecule has 34 heavy (non-hydrogen) atoms. The van der Waals surface area contributed by atoms with Crippen LogP contribution < -0.4 is 20.7 Å². The number of allylic oxidation sites excluding steroid dienone is 2. The summed E-state index contributed by atoms with van der Waals surface area (Å²) in [5.74, 6) is -0.345. The van der Waals surface area contributed by atoms with E-state index in [0.717, 1.165) is 24.0 Å². The summed E-state index contributed by atoms with van der Waals surface area (Å²) in [6.45, 7) is 0.620. The van der Waals surface area contributed by atoms with Crippen molar-refractivity contribution in [1.82, 2.24) is 25.6 Å². The third-order valence-electron chi connectivity index (χ3n) is 5.58. The molecule has 3 amide bonds. The normalized spacial score (nSPS) is 14.6. The molecule has 2 aliphatic rings. The standard InChI is InChI=1S/C24H22N6O4/c31-19-12-34-18-7-6-15(8-17(18)30-19)10-27-24(33)22-21-20(28-13-29-22)16(11-25-21)23(32)26-9-14-4-2-1-3-5-14/h2,4-8,11,13,25H,1,3,9-10,12H2,(H,26,32)(H,27,33)(H,30,31). The van der Waals surface area contributed by atoms with Crippen molar-refractivity contribution in [3.05, 3.63) is 71.3 Å². The van der Waals surface area contributed by atoms with Crippen molar-refractivity contribution >= 4 is 34.4 Å². The summed E-state index contributed by atoms with van der Waals surface area (Å²) in [6, 6.07) is 5.30. The first-order chi connectivity index (χ1) is 16.6. The fraction of sp³-hybridized carbons (Fsp3) is 0.208. The number of carbonyl (C=O) groups excluding carboxylic acids is 3. The van der Waals surface area contributed by atoms with Gasteiger partial charge in [-0.25, -0.2) is 9.97 Å². The van der Waals surface area contributed by atoms with Gasteiger partial charge < -0.3 is 25.7 Å². The lowest BCUT2D eigenvalue weighted by atomic mass is 10.1. The van der Waals surface area contributed by atoms with E-state index in [1.807, 2.05) is 6.08 Å². The van der Waals surface area contributed by atoms with Crippen LogP contribution in [0, 0.1) is 0 Å². The molecular weight excluding hydrogens is 436 g/mol. The Morgan fingerprint density at radius 2 is 1.97 bits per heavy atom. The number of rotatable bonds is 6. The minimum Gasteiger partial charge on any atom is -0.482 e. The molecule has 1 aliphatic carbocycles. The molecule has 2 aromatic heterocycles. The molecule has 10 heteroatoms. The zero-order valence-corrected chi connectivity index (χ0v) is 18.2. The van der Waals surface area contributed by atoms with Gasteiger partial charge in [0.2, 0.25) is 0 Å².